The summed E-state index contributed by atoms with van der Waals surface area (Å²) in [5.74, 6) is 0.902. The van der Waals surface area contributed by atoms with E-state index < -0.39 is 6.10 Å². The molecule has 6 nitrogen and oxygen atoms in total. The Morgan fingerprint density at radius 1 is 0.300 bits per heavy atom. The van der Waals surface area contributed by atoms with E-state index in [9.17, 15) is 14.4 Å². The summed E-state index contributed by atoms with van der Waals surface area (Å²) in [6.07, 6.45) is 62.4. The first-order valence-corrected chi connectivity index (χ1v) is 31.8. The molecular formula is C64H124O6. The Labute approximate surface area is 438 Å². The smallest absolute Gasteiger partial charge is 0.306 e. The van der Waals surface area contributed by atoms with Gasteiger partial charge in [-0.2, -0.15) is 0 Å². The van der Waals surface area contributed by atoms with Gasteiger partial charge >= 0.3 is 17.9 Å². The van der Waals surface area contributed by atoms with Crippen LogP contribution in [-0.4, -0.2) is 37.2 Å². The van der Waals surface area contributed by atoms with Gasteiger partial charge < -0.3 is 14.2 Å². The van der Waals surface area contributed by atoms with Crippen LogP contribution in [0.15, 0.2) is 0 Å². The zero-order valence-corrected chi connectivity index (χ0v) is 48.2. The molecule has 0 fully saturated rings. The van der Waals surface area contributed by atoms with Crippen molar-refractivity contribution in [3.05, 3.63) is 0 Å². The third kappa shape index (κ3) is 55.7. The molecule has 0 rings (SSSR count). The van der Waals surface area contributed by atoms with Gasteiger partial charge in [0, 0.05) is 19.3 Å². The molecular weight excluding hydrogens is 865 g/mol. The molecule has 0 aliphatic heterocycles. The first-order valence-electron chi connectivity index (χ1n) is 31.8. The Morgan fingerprint density at radius 2 is 0.543 bits per heavy atom. The first kappa shape index (κ1) is 68.4. The lowest BCUT2D eigenvalue weighted by Gasteiger charge is -2.18. The van der Waals surface area contributed by atoms with E-state index in [4.69, 9.17) is 14.2 Å². The van der Waals surface area contributed by atoms with Crippen molar-refractivity contribution in [1.29, 1.82) is 0 Å². The van der Waals surface area contributed by atoms with Gasteiger partial charge in [-0.15, -0.1) is 0 Å². The third-order valence-electron chi connectivity index (χ3n) is 15.1. The van der Waals surface area contributed by atoms with Crippen molar-refractivity contribution >= 4 is 17.9 Å². The number of rotatable bonds is 58. The van der Waals surface area contributed by atoms with Crippen molar-refractivity contribution < 1.29 is 28.6 Å². The van der Waals surface area contributed by atoms with Crippen LogP contribution in [-0.2, 0) is 28.6 Å². The Balaban J connectivity index is 4.30. The lowest BCUT2D eigenvalue weighted by molar-refractivity contribution is -0.167. The van der Waals surface area contributed by atoms with E-state index in [0.717, 1.165) is 69.6 Å². The molecule has 6 heteroatoms. The molecule has 0 saturated heterocycles. The monoisotopic (exact) mass is 989 g/mol. The van der Waals surface area contributed by atoms with Crippen molar-refractivity contribution in [2.24, 2.45) is 11.8 Å². The van der Waals surface area contributed by atoms with E-state index in [0.29, 0.717) is 19.3 Å². The van der Waals surface area contributed by atoms with Crippen LogP contribution in [0, 0.1) is 11.8 Å². The van der Waals surface area contributed by atoms with Gasteiger partial charge in [0.1, 0.15) is 13.2 Å². The van der Waals surface area contributed by atoms with E-state index in [2.05, 4.69) is 34.6 Å². The molecule has 0 N–H and O–H groups in total. The average molecular weight is 990 g/mol. The molecule has 0 spiro atoms. The normalized spacial score (nSPS) is 12.4. The Bertz CT molecular complexity index is 1070. The predicted molar refractivity (Wildman–Crippen MR) is 303 cm³/mol. The molecule has 0 aliphatic carbocycles. The van der Waals surface area contributed by atoms with Crippen molar-refractivity contribution in [2.75, 3.05) is 13.2 Å². The zero-order valence-electron chi connectivity index (χ0n) is 48.2. The number of ether oxygens (including phenoxy) is 3. The fraction of sp³-hybridized carbons (Fsp3) is 0.953. The molecule has 0 heterocycles. The van der Waals surface area contributed by atoms with Gasteiger partial charge in [0.05, 0.1) is 0 Å². The van der Waals surface area contributed by atoms with Crippen LogP contribution in [0.5, 0.6) is 0 Å². The summed E-state index contributed by atoms with van der Waals surface area (Å²) in [5.41, 5.74) is 0. The maximum absolute atomic E-state index is 12.9. The standard InChI is InChI=1S/C64H124O6/c1-6-8-9-10-11-12-13-14-15-16-17-18-24-29-34-39-44-49-54-62(65)68-57-61(58-69-63(66)55-50-45-40-35-30-26-21-22-27-32-37-42-47-52-59(3)4)70-64(67)56-51-46-41-36-31-25-20-19-23-28-33-38-43-48-53-60(5)7-2/h59-61H,6-58H2,1-5H3/t60?,61-/m0/s1. The van der Waals surface area contributed by atoms with E-state index in [1.807, 2.05) is 0 Å². The Hall–Kier alpha value is -1.59. The van der Waals surface area contributed by atoms with E-state index in [-0.39, 0.29) is 31.1 Å². The molecule has 1 unspecified atom stereocenters. The maximum Gasteiger partial charge on any atom is 0.306 e. The van der Waals surface area contributed by atoms with Gasteiger partial charge in [0.2, 0.25) is 0 Å². The highest BCUT2D eigenvalue weighted by molar-refractivity contribution is 5.71. The SMILES string of the molecule is CCCCCCCCCCCCCCCCCCCCC(=O)OC[C@@H](COC(=O)CCCCCCCCCCCCCCCC(C)C)OC(=O)CCCCCCCCCCCCCCCCC(C)CC. The lowest BCUT2D eigenvalue weighted by Crippen LogP contribution is -2.30. The van der Waals surface area contributed by atoms with E-state index in [1.54, 1.807) is 0 Å². The molecule has 0 aromatic heterocycles. The summed E-state index contributed by atoms with van der Waals surface area (Å²) in [7, 11) is 0. The second-order valence-corrected chi connectivity index (χ2v) is 22.8. The van der Waals surface area contributed by atoms with Gasteiger partial charge in [-0.25, -0.2) is 0 Å². The summed E-state index contributed by atoms with van der Waals surface area (Å²) in [6, 6.07) is 0. The van der Waals surface area contributed by atoms with Crippen LogP contribution in [0.2, 0.25) is 0 Å². The highest BCUT2D eigenvalue weighted by Crippen LogP contribution is 2.19. The summed E-state index contributed by atoms with van der Waals surface area (Å²) < 4.78 is 17.0. The number of hydrogen-bond acceptors (Lipinski definition) is 6. The summed E-state index contributed by atoms with van der Waals surface area (Å²) in [5, 5.41) is 0. The fourth-order valence-electron chi connectivity index (χ4n) is 9.90. The van der Waals surface area contributed by atoms with E-state index in [1.165, 1.54) is 250 Å². The van der Waals surface area contributed by atoms with Crippen molar-refractivity contribution in [2.45, 2.75) is 368 Å². The molecule has 0 aliphatic rings. The minimum absolute atomic E-state index is 0.0619. The fourth-order valence-corrected chi connectivity index (χ4v) is 9.90. The predicted octanol–water partition coefficient (Wildman–Crippen LogP) is 21.2. The second-order valence-electron chi connectivity index (χ2n) is 22.8. The molecule has 0 radical (unpaired) electrons. The number of hydrogen-bond donors (Lipinski definition) is 0. The van der Waals surface area contributed by atoms with Crippen LogP contribution in [0.3, 0.4) is 0 Å². The quantitative estimate of drug-likeness (QED) is 0.0343. The summed E-state index contributed by atoms with van der Waals surface area (Å²) in [6.45, 7) is 11.5. The van der Waals surface area contributed by atoms with Crippen molar-refractivity contribution in [1.82, 2.24) is 0 Å². The average Bonchev–Trinajstić information content (AvgIpc) is 3.35. The molecule has 416 valence electrons. The first-order chi connectivity index (χ1) is 34.3. The maximum atomic E-state index is 12.9. The van der Waals surface area contributed by atoms with Crippen LogP contribution >= 0.6 is 0 Å². The molecule has 0 bridgehead atoms. The molecule has 70 heavy (non-hydrogen) atoms. The van der Waals surface area contributed by atoms with Crippen LogP contribution < -0.4 is 0 Å². The van der Waals surface area contributed by atoms with Gasteiger partial charge in [-0.3, -0.25) is 14.4 Å². The summed E-state index contributed by atoms with van der Waals surface area (Å²) >= 11 is 0. The van der Waals surface area contributed by atoms with Crippen molar-refractivity contribution in [3.63, 3.8) is 0 Å². The van der Waals surface area contributed by atoms with Crippen LogP contribution in [0.25, 0.3) is 0 Å². The molecule has 0 aromatic rings. The topological polar surface area (TPSA) is 78.9 Å². The van der Waals surface area contributed by atoms with Crippen molar-refractivity contribution in [3.8, 4) is 0 Å². The highest BCUT2D eigenvalue weighted by Gasteiger charge is 2.19. The number of unbranched alkanes of at least 4 members (excludes halogenated alkanes) is 42. The Morgan fingerprint density at radius 3 is 0.814 bits per heavy atom. The minimum Gasteiger partial charge on any atom is -0.462 e. The van der Waals surface area contributed by atoms with Gasteiger partial charge in [0.25, 0.3) is 0 Å². The highest BCUT2D eigenvalue weighted by atomic mass is 16.6. The summed E-state index contributed by atoms with van der Waals surface area (Å²) in [4.78, 5) is 38.3. The van der Waals surface area contributed by atoms with E-state index >= 15 is 0 Å². The third-order valence-corrected chi connectivity index (χ3v) is 15.1. The lowest BCUT2D eigenvalue weighted by atomic mass is 9.99. The molecule has 0 amide bonds. The minimum atomic E-state index is -0.764. The van der Waals surface area contributed by atoms with Gasteiger partial charge in [-0.1, -0.05) is 324 Å². The second kappa shape index (κ2) is 56.7. The number of carbonyl (C=O) groups is 3. The molecule has 2 atom stereocenters. The number of carbonyl (C=O) groups excluding carboxylic acids is 3. The van der Waals surface area contributed by atoms with Gasteiger partial charge in [0.15, 0.2) is 6.10 Å². The van der Waals surface area contributed by atoms with Gasteiger partial charge in [-0.05, 0) is 31.1 Å². The largest absolute Gasteiger partial charge is 0.462 e. The zero-order chi connectivity index (χ0) is 51.1. The molecule has 0 aromatic carbocycles. The molecule has 0 saturated carbocycles. The Kier molecular flexibility index (Phi) is 55.4. The van der Waals surface area contributed by atoms with Crippen LogP contribution in [0.1, 0.15) is 362 Å². The van der Waals surface area contributed by atoms with Crippen LogP contribution in [0.4, 0.5) is 0 Å². The number of esters is 3.